The average molecular weight is 519 g/mol. The molecule has 4 rings (SSSR count). The molecule has 4 N–H and O–H groups in total. The van der Waals surface area contributed by atoms with Crippen LogP contribution in [-0.2, 0) is 0 Å². The van der Waals surface area contributed by atoms with E-state index in [0.29, 0.717) is 28.1 Å². The van der Waals surface area contributed by atoms with Crippen LogP contribution in [0.1, 0.15) is 20.8 Å². The van der Waals surface area contributed by atoms with Crippen molar-refractivity contribution in [2.75, 3.05) is 36.4 Å². The summed E-state index contributed by atoms with van der Waals surface area (Å²) in [6.45, 7) is 2.91. The number of aromatic nitrogens is 3. The molecule has 11 heteroatoms. The van der Waals surface area contributed by atoms with Gasteiger partial charge < -0.3 is 20.9 Å². The van der Waals surface area contributed by atoms with Gasteiger partial charge in [0.25, 0.3) is 11.8 Å². The van der Waals surface area contributed by atoms with Crippen molar-refractivity contribution in [2.24, 2.45) is 0 Å². The van der Waals surface area contributed by atoms with E-state index < -0.39 is 5.91 Å². The van der Waals surface area contributed by atoms with E-state index in [1.807, 2.05) is 12.1 Å². The lowest BCUT2D eigenvalue weighted by molar-refractivity contribution is 0.0931. The Balaban J connectivity index is 1.43. The number of hydrogen-bond donors (Lipinski definition) is 4. The molecule has 3 aromatic rings. The minimum atomic E-state index is -0.421. The van der Waals surface area contributed by atoms with Crippen LogP contribution >= 0.6 is 27.5 Å². The molecule has 32 heavy (non-hydrogen) atoms. The van der Waals surface area contributed by atoms with Crippen molar-refractivity contribution < 1.29 is 9.59 Å². The summed E-state index contributed by atoms with van der Waals surface area (Å²) in [5, 5.41) is 16.1. The predicted molar refractivity (Wildman–Crippen MR) is 126 cm³/mol. The SMILES string of the molecule is O=C(Nc1n[nH]c(C(=O)NC2CNCCN(c3ccncc3)C2)c1Br)c1ccccc1Cl. The van der Waals surface area contributed by atoms with E-state index >= 15 is 0 Å². The van der Waals surface area contributed by atoms with Crippen molar-refractivity contribution in [1.29, 1.82) is 0 Å². The van der Waals surface area contributed by atoms with Gasteiger partial charge in [0.1, 0.15) is 5.69 Å². The van der Waals surface area contributed by atoms with Gasteiger partial charge in [0.15, 0.2) is 5.82 Å². The van der Waals surface area contributed by atoms with Crippen LogP contribution in [-0.4, -0.2) is 59.2 Å². The molecule has 1 fully saturated rings. The van der Waals surface area contributed by atoms with Gasteiger partial charge in [0.2, 0.25) is 0 Å². The second-order valence-corrected chi connectivity index (χ2v) is 8.42. The van der Waals surface area contributed by atoms with E-state index in [1.54, 1.807) is 36.7 Å². The molecule has 1 aromatic carbocycles. The van der Waals surface area contributed by atoms with Gasteiger partial charge in [0, 0.05) is 44.3 Å². The van der Waals surface area contributed by atoms with Gasteiger partial charge >= 0.3 is 0 Å². The highest BCUT2D eigenvalue weighted by molar-refractivity contribution is 9.10. The fraction of sp³-hybridized carbons (Fsp3) is 0.238. The second kappa shape index (κ2) is 10.1. The summed E-state index contributed by atoms with van der Waals surface area (Å²) in [6, 6.07) is 10.5. The third-order valence-electron chi connectivity index (χ3n) is 5.04. The highest BCUT2D eigenvalue weighted by Crippen LogP contribution is 2.25. The van der Waals surface area contributed by atoms with Crippen molar-refractivity contribution >= 4 is 50.9 Å². The molecule has 1 saturated heterocycles. The summed E-state index contributed by atoms with van der Waals surface area (Å²) < 4.78 is 0.364. The van der Waals surface area contributed by atoms with Crippen molar-refractivity contribution in [3.63, 3.8) is 0 Å². The highest BCUT2D eigenvalue weighted by Gasteiger charge is 2.24. The molecule has 1 atom stereocenters. The molecule has 1 aliphatic heterocycles. The largest absolute Gasteiger partial charge is 0.368 e. The first-order valence-electron chi connectivity index (χ1n) is 9.99. The number of pyridine rings is 1. The number of hydrogen-bond acceptors (Lipinski definition) is 6. The first kappa shape index (κ1) is 22.3. The molecule has 2 aromatic heterocycles. The summed E-state index contributed by atoms with van der Waals surface area (Å²) in [6.07, 6.45) is 3.50. The molecule has 0 aliphatic carbocycles. The maximum absolute atomic E-state index is 12.9. The zero-order chi connectivity index (χ0) is 22.5. The maximum Gasteiger partial charge on any atom is 0.270 e. The van der Waals surface area contributed by atoms with E-state index in [9.17, 15) is 9.59 Å². The summed E-state index contributed by atoms with van der Waals surface area (Å²) in [5.41, 5.74) is 1.59. The topological polar surface area (TPSA) is 115 Å². The Morgan fingerprint density at radius 3 is 2.72 bits per heavy atom. The molecule has 3 heterocycles. The lowest BCUT2D eigenvalue weighted by Crippen LogP contribution is -2.46. The van der Waals surface area contributed by atoms with Crippen LogP contribution in [0.15, 0.2) is 53.3 Å². The van der Waals surface area contributed by atoms with E-state index in [1.165, 1.54) is 0 Å². The summed E-state index contributed by atoms with van der Waals surface area (Å²) >= 11 is 9.45. The zero-order valence-corrected chi connectivity index (χ0v) is 19.3. The smallest absolute Gasteiger partial charge is 0.270 e. The van der Waals surface area contributed by atoms with Gasteiger partial charge in [-0.3, -0.25) is 19.7 Å². The van der Waals surface area contributed by atoms with Crippen LogP contribution in [0.2, 0.25) is 5.02 Å². The lowest BCUT2D eigenvalue weighted by Gasteiger charge is -2.26. The standard InChI is InChI=1S/C21H21BrClN7O2/c22-17-18(28-29-19(17)27-20(31)15-3-1-2-4-16(15)23)21(32)26-13-11-25-9-10-30(12-13)14-5-7-24-8-6-14/h1-8,13,25H,9-12H2,(H,26,32)(H2,27,28,29,31). The molecular weight excluding hydrogens is 498 g/mol. The number of nitrogens with zero attached hydrogens (tertiary/aromatic N) is 3. The molecule has 2 amide bonds. The van der Waals surface area contributed by atoms with E-state index in [0.717, 1.165) is 18.8 Å². The molecular formula is C21H21BrClN7O2. The van der Waals surface area contributed by atoms with Crippen molar-refractivity contribution in [2.45, 2.75) is 6.04 Å². The Hall–Kier alpha value is -2.95. The Labute approximate surface area is 198 Å². The van der Waals surface area contributed by atoms with Gasteiger partial charge in [-0.05, 0) is 40.2 Å². The Morgan fingerprint density at radius 2 is 1.94 bits per heavy atom. The van der Waals surface area contributed by atoms with Crippen molar-refractivity contribution in [3.05, 3.63) is 69.5 Å². The number of anilines is 2. The third kappa shape index (κ3) is 5.09. The van der Waals surface area contributed by atoms with Crippen molar-refractivity contribution in [1.82, 2.24) is 25.8 Å². The monoisotopic (exact) mass is 517 g/mol. The molecule has 0 bridgehead atoms. The van der Waals surface area contributed by atoms with Gasteiger partial charge in [-0.2, -0.15) is 5.10 Å². The second-order valence-electron chi connectivity index (χ2n) is 7.22. The Morgan fingerprint density at radius 1 is 1.16 bits per heavy atom. The Kier molecular flexibility index (Phi) is 7.03. The number of carbonyl (C=O) groups is 2. The number of H-pyrrole nitrogens is 1. The van der Waals surface area contributed by atoms with Crippen molar-refractivity contribution in [3.8, 4) is 0 Å². The lowest BCUT2D eigenvalue weighted by atomic mass is 10.2. The fourth-order valence-electron chi connectivity index (χ4n) is 3.44. The normalized spacial score (nSPS) is 16.3. The molecule has 0 saturated carbocycles. The third-order valence-corrected chi connectivity index (χ3v) is 6.14. The molecule has 0 radical (unpaired) electrons. The predicted octanol–water partition coefficient (Wildman–Crippen LogP) is 2.68. The van der Waals surface area contributed by atoms with Crippen LogP contribution in [0.25, 0.3) is 0 Å². The first-order chi connectivity index (χ1) is 15.5. The molecule has 1 aliphatic rings. The fourth-order valence-corrected chi connectivity index (χ4v) is 4.12. The maximum atomic E-state index is 12.9. The summed E-state index contributed by atoms with van der Waals surface area (Å²) in [4.78, 5) is 31.7. The number of benzene rings is 1. The van der Waals surface area contributed by atoms with Gasteiger partial charge in [-0.1, -0.05) is 23.7 Å². The van der Waals surface area contributed by atoms with Crippen LogP contribution < -0.4 is 20.9 Å². The van der Waals surface area contributed by atoms with E-state index in [2.05, 4.69) is 52.0 Å². The molecule has 9 nitrogen and oxygen atoms in total. The number of halogens is 2. The van der Waals surface area contributed by atoms with E-state index in [4.69, 9.17) is 11.6 Å². The highest BCUT2D eigenvalue weighted by atomic mass is 79.9. The molecule has 166 valence electrons. The van der Waals surface area contributed by atoms with Gasteiger partial charge in [-0.25, -0.2) is 0 Å². The van der Waals surface area contributed by atoms with E-state index in [-0.39, 0.29) is 23.5 Å². The molecule has 0 spiro atoms. The minimum Gasteiger partial charge on any atom is -0.368 e. The number of nitrogens with one attached hydrogen (secondary N) is 4. The van der Waals surface area contributed by atoms with Crippen LogP contribution in [0, 0.1) is 0 Å². The summed E-state index contributed by atoms with van der Waals surface area (Å²) in [7, 11) is 0. The van der Waals surface area contributed by atoms with Crippen LogP contribution in [0.5, 0.6) is 0 Å². The number of aromatic amines is 1. The quantitative estimate of drug-likeness (QED) is 0.413. The average Bonchev–Trinajstić information content (AvgIpc) is 3.01. The number of rotatable bonds is 5. The minimum absolute atomic E-state index is 0.130. The zero-order valence-electron chi connectivity index (χ0n) is 16.9. The van der Waals surface area contributed by atoms with Gasteiger partial charge in [0.05, 0.1) is 21.1 Å². The first-order valence-corrected chi connectivity index (χ1v) is 11.2. The van der Waals surface area contributed by atoms with Crippen LogP contribution in [0.3, 0.4) is 0 Å². The summed E-state index contributed by atoms with van der Waals surface area (Å²) in [5.74, 6) is -0.542. The Bertz CT molecular complexity index is 1110. The number of amides is 2. The number of carbonyl (C=O) groups excluding carboxylic acids is 2. The van der Waals surface area contributed by atoms with Gasteiger partial charge in [-0.15, -0.1) is 0 Å². The molecule has 1 unspecified atom stereocenters. The van der Waals surface area contributed by atoms with Crippen LogP contribution in [0.4, 0.5) is 11.5 Å².